The standard InChI is InChI=1S/C20H16N2O2/c1-14-10-18(19(12-21)20(23)22-14)16-8-5-9-17(11-16)24-13-15-6-3-2-4-7-15/h2-11H,13H2,1H3,(H,22,23). The molecular weight excluding hydrogens is 300 g/mol. The first-order valence-electron chi connectivity index (χ1n) is 7.58. The maximum absolute atomic E-state index is 12.0. The zero-order valence-electron chi connectivity index (χ0n) is 13.2. The molecule has 0 aliphatic heterocycles. The molecular formula is C20H16N2O2. The summed E-state index contributed by atoms with van der Waals surface area (Å²) in [5.74, 6) is 0.693. The fourth-order valence-electron chi connectivity index (χ4n) is 2.52. The molecule has 1 N–H and O–H groups in total. The van der Waals surface area contributed by atoms with Crippen LogP contribution in [-0.4, -0.2) is 4.98 Å². The minimum Gasteiger partial charge on any atom is -0.489 e. The minimum atomic E-state index is -0.372. The molecule has 4 heteroatoms. The van der Waals surface area contributed by atoms with Gasteiger partial charge in [0.1, 0.15) is 24.0 Å². The quantitative estimate of drug-likeness (QED) is 0.796. The Hall–Kier alpha value is -3.32. The highest BCUT2D eigenvalue weighted by Crippen LogP contribution is 2.26. The highest BCUT2D eigenvalue weighted by Gasteiger charge is 2.11. The van der Waals surface area contributed by atoms with Crippen LogP contribution in [0.4, 0.5) is 0 Å². The number of pyridine rings is 1. The lowest BCUT2D eigenvalue weighted by Gasteiger charge is -2.10. The lowest BCUT2D eigenvalue weighted by Crippen LogP contribution is -2.12. The number of benzene rings is 2. The average Bonchev–Trinajstić information content (AvgIpc) is 2.60. The molecule has 0 fully saturated rings. The van der Waals surface area contributed by atoms with E-state index >= 15 is 0 Å². The monoisotopic (exact) mass is 316 g/mol. The van der Waals surface area contributed by atoms with E-state index in [1.807, 2.05) is 60.7 Å². The number of aromatic amines is 1. The summed E-state index contributed by atoms with van der Waals surface area (Å²) in [6.07, 6.45) is 0. The molecule has 118 valence electrons. The molecule has 0 amide bonds. The first-order chi connectivity index (χ1) is 11.7. The molecule has 3 rings (SSSR count). The van der Waals surface area contributed by atoms with Crippen LogP contribution >= 0.6 is 0 Å². The summed E-state index contributed by atoms with van der Waals surface area (Å²) in [5.41, 5.74) is 2.93. The van der Waals surface area contributed by atoms with Crippen molar-refractivity contribution < 1.29 is 4.74 Å². The first-order valence-corrected chi connectivity index (χ1v) is 7.58. The largest absolute Gasteiger partial charge is 0.489 e. The summed E-state index contributed by atoms with van der Waals surface area (Å²) in [7, 11) is 0. The summed E-state index contributed by atoms with van der Waals surface area (Å²) in [6, 6.07) is 21.1. The van der Waals surface area contributed by atoms with Gasteiger partial charge in [0.2, 0.25) is 0 Å². The fourth-order valence-corrected chi connectivity index (χ4v) is 2.52. The van der Waals surface area contributed by atoms with E-state index in [0.29, 0.717) is 23.6 Å². The first kappa shape index (κ1) is 15.6. The molecule has 1 heterocycles. The number of ether oxygens (including phenoxy) is 1. The van der Waals surface area contributed by atoms with Gasteiger partial charge in [-0.25, -0.2) is 0 Å². The fraction of sp³-hybridized carbons (Fsp3) is 0.100. The zero-order valence-corrected chi connectivity index (χ0v) is 13.2. The van der Waals surface area contributed by atoms with Gasteiger partial charge >= 0.3 is 0 Å². The smallest absolute Gasteiger partial charge is 0.266 e. The molecule has 2 aromatic carbocycles. The Bertz CT molecular complexity index is 953. The maximum atomic E-state index is 12.0. The van der Waals surface area contributed by atoms with E-state index in [-0.39, 0.29) is 11.1 Å². The van der Waals surface area contributed by atoms with Crippen molar-refractivity contribution >= 4 is 0 Å². The summed E-state index contributed by atoms with van der Waals surface area (Å²) in [4.78, 5) is 14.6. The van der Waals surface area contributed by atoms with Crippen molar-refractivity contribution in [2.75, 3.05) is 0 Å². The van der Waals surface area contributed by atoms with Gasteiger partial charge in [-0.1, -0.05) is 42.5 Å². The highest BCUT2D eigenvalue weighted by molar-refractivity contribution is 5.71. The molecule has 24 heavy (non-hydrogen) atoms. The van der Waals surface area contributed by atoms with Crippen LogP contribution in [0.2, 0.25) is 0 Å². The summed E-state index contributed by atoms with van der Waals surface area (Å²) < 4.78 is 5.82. The molecule has 3 aromatic rings. The molecule has 0 aliphatic carbocycles. The second-order valence-electron chi connectivity index (χ2n) is 5.48. The molecule has 0 unspecified atom stereocenters. The van der Waals surface area contributed by atoms with Gasteiger partial charge in [-0.15, -0.1) is 0 Å². The Morgan fingerprint density at radius 3 is 2.62 bits per heavy atom. The van der Waals surface area contributed by atoms with Gasteiger partial charge in [0, 0.05) is 11.3 Å². The maximum Gasteiger partial charge on any atom is 0.266 e. The van der Waals surface area contributed by atoms with Gasteiger partial charge in [-0.3, -0.25) is 4.79 Å². The van der Waals surface area contributed by atoms with Crippen LogP contribution in [0.5, 0.6) is 5.75 Å². The predicted molar refractivity (Wildman–Crippen MR) is 92.7 cm³/mol. The third-order valence-corrected chi connectivity index (χ3v) is 3.67. The van der Waals surface area contributed by atoms with Crippen molar-refractivity contribution in [3.8, 4) is 22.9 Å². The predicted octanol–water partition coefficient (Wildman–Crippen LogP) is 3.80. The summed E-state index contributed by atoms with van der Waals surface area (Å²) in [6.45, 7) is 2.26. The molecule has 0 aliphatic rings. The van der Waals surface area contributed by atoms with Crippen molar-refractivity contribution in [3.05, 3.63) is 87.8 Å². The van der Waals surface area contributed by atoms with Crippen molar-refractivity contribution in [1.82, 2.24) is 4.98 Å². The third-order valence-electron chi connectivity index (χ3n) is 3.67. The highest BCUT2D eigenvalue weighted by atomic mass is 16.5. The lowest BCUT2D eigenvalue weighted by molar-refractivity contribution is 0.306. The molecule has 1 aromatic heterocycles. The molecule has 0 bridgehead atoms. The van der Waals surface area contributed by atoms with E-state index < -0.39 is 0 Å². The lowest BCUT2D eigenvalue weighted by atomic mass is 10.0. The van der Waals surface area contributed by atoms with Crippen molar-refractivity contribution in [1.29, 1.82) is 5.26 Å². The van der Waals surface area contributed by atoms with Gasteiger partial charge in [0.05, 0.1) is 0 Å². The van der Waals surface area contributed by atoms with E-state index in [2.05, 4.69) is 4.98 Å². The van der Waals surface area contributed by atoms with Crippen LogP contribution < -0.4 is 10.3 Å². The van der Waals surface area contributed by atoms with Gasteiger partial charge in [0.15, 0.2) is 0 Å². The van der Waals surface area contributed by atoms with Crippen molar-refractivity contribution in [2.24, 2.45) is 0 Å². The number of H-pyrrole nitrogens is 1. The van der Waals surface area contributed by atoms with Crippen LogP contribution in [0, 0.1) is 18.3 Å². The van der Waals surface area contributed by atoms with Gasteiger partial charge in [-0.2, -0.15) is 5.26 Å². The minimum absolute atomic E-state index is 0.112. The number of rotatable bonds is 4. The van der Waals surface area contributed by atoms with Crippen LogP contribution in [0.15, 0.2) is 65.5 Å². The number of nitriles is 1. The number of nitrogens with zero attached hydrogens (tertiary/aromatic N) is 1. The van der Waals surface area contributed by atoms with Gasteiger partial charge in [-0.05, 0) is 36.2 Å². The molecule has 0 saturated heterocycles. The van der Waals surface area contributed by atoms with E-state index in [1.165, 1.54) is 0 Å². The zero-order chi connectivity index (χ0) is 16.9. The Kier molecular flexibility index (Phi) is 4.44. The van der Waals surface area contributed by atoms with Crippen LogP contribution in [-0.2, 0) is 6.61 Å². The SMILES string of the molecule is Cc1cc(-c2cccc(OCc3ccccc3)c2)c(C#N)c(=O)[nH]1. The van der Waals surface area contributed by atoms with E-state index in [4.69, 9.17) is 4.74 Å². The van der Waals surface area contributed by atoms with E-state index in [0.717, 1.165) is 11.1 Å². The van der Waals surface area contributed by atoms with Crippen LogP contribution in [0.25, 0.3) is 11.1 Å². The molecule has 0 spiro atoms. The third kappa shape index (κ3) is 3.36. The number of hydrogen-bond donors (Lipinski definition) is 1. The Labute approximate surface area is 140 Å². The molecule has 0 radical (unpaired) electrons. The second kappa shape index (κ2) is 6.84. The Morgan fingerprint density at radius 2 is 1.88 bits per heavy atom. The topological polar surface area (TPSA) is 65.9 Å². The Balaban J connectivity index is 1.92. The number of aryl methyl sites for hydroxylation is 1. The van der Waals surface area contributed by atoms with Gasteiger partial charge in [0.25, 0.3) is 5.56 Å². The van der Waals surface area contributed by atoms with Gasteiger partial charge < -0.3 is 9.72 Å². The van der Waals surface area contributed by atoms with Crippen molar-refractivity contribution in [3.63, 3.8) is 0 Å². The van der Waals surface area contributed by atoms with Crippen LogP contribution in [0.3, 0.4) is 0 Å². The Morgan fingerprint density at radius 1 is 1.08 bits per heavy atom. The average molecular weight is 316 g/mol. The molecule has 4 nitrogen and oxygen atoms in total. The number of aromatic nitrogens is 1. The number of hydrogen-bond acceptors (Lipinski definition) is 3. The normalized spacial score (nSPS) is 10.2. The second-order valence-corrected chi connectivity index (χ2v) is 5.48. The van der Waals surface area contributed by atoms with E-state index in [1.54, 1.807) is 13.0 Å². The van der Waals surface area contributed by atoms with E-state index in [9.17, 15) is 10.1 Å². The van der Waals surface area contributed by atoms with Crippen molar-refractivity contribution in [2.45, 2.75) is 13.5 Å². The molecule has 0 saturated carbocycles. The number of nitrogens with one attached hydrogen (secondary N) is 1. The summed E-state index contributed by atoms with van der Waals surface area (Å²) in [5, 5.41) is 9.27. The van der Waals surface area contributed by atoms with Crippen LogP contribution in [0.1, 0.15) is 16.8 Å². The molecule has 0 atom stereocenters. The summed E-state index contributed by atoms with van der Waals surface area (Å²) >= 11 is 0.